The molecule has 0 amide bonds. The lowest BCUT2D eigenvalue weighted by atomic mass is 9.83. The molecular weight excluding hydrogens is 338 g/mol. The lowest BCUT2D eigenvalue weighted by Crippen LogP contribution is -2.45. The van der Waals surface area contributed by atoms with Crippen LogP contribution in [-0.4, -0.2) is 58.2 Å². The average Bonchev–Trinajstić information content (AvgIpc) is 3.20. The highest BCUT2D eigenvalue weighted by Gasteiger charge is 2.29. The van der Waals surface area contributed by atoms with Crippen molar-refractivity contribution in [2.24, 2.45) is 16.3 Å². The van der Waals surface area contributed by atoms with E-state index in [-0.39, 0.29) is 11.3 Å². The zero-order valence-electron chi connectivity index (χ0n) is 15.4. The molecule has 7 heteroatoms. The maximum atomic E-state index is 11.7. The second-order valence-corrected chi connectivity index (χ2v) is 10.6. The summed E-state index contributed by atoms with van der Waals surface area (Å²) in [5.41, 5.74) is 0.208. The van der Waals surface area contributed by atoms with E-state index in [1.807, 2.05) is 0 Å². The summed E-state index contributed by atoms with van der Waals surface area (Å²) in [6.45, 7) is 5.42. The normalized spacial score (nSPS) is 29.6. The van der Waals surface area contributed by atoms with Crippen LogP contribution in [0.5, 0.6) is 0 Å². The van der Waals surface area contributed by atoms with Gasteiger partial charge in [-0.3, -0.25) is 4.99 Å². The third kappa shape index (κ3) is 5.84. The number of nitrogens with one attached hydrogen (secondary N) is 2. The highest BCUT2D eigenvalue weighted by Crippen LogP contribution is 2.30. The summed E-state index contributed by atoms with van der Waals surface area (Å²) >= 11 is 0. The number of rotatable bonds is 5. The highest BCUT2D eigenvalue weighted by molar-refractivity contribution is 7.91. The Labute approximate surface area is 152 Å². The molecule has 0 radical (unpaired) electrons. The second kappa shape index (κ2) is 8.25. The topological polar surface area (TPSA) is 79.8 Å². The van der Waals surface area contributed by atoms with Gasteiger partial charge in [-0.25, -0.2) is 8.42 Å². The van der Waals surface area contributed by atoms with Gasteiger partial charge in [0.1, 0.15) is 0 Å². The highest BCUT2D eigenvalue weighted by atomic mass is 32.2. The molecule has 0 aromatic carbocycles. The molecule has 2 aliphatic heterocycles. The predicted octanol–water partition coefficient (Wildman–Crippen LogP) is 1.72. The summed E-state index contributed by atoms with van der Waals surface area (Å²) in [5.74, 6) is 1.72. The fraction of sp³-hybridized carbons (Fsp3) is 0.944. The third-order valence-corrected chi connectivity index (χ3v) is 7.74. The van der Waals surface area contributed by atoms with Gasteiger partial charge in [-0.15, -0.1) is 0 Å². The van der Waals surface area contributed by atoms with Crippen LogP contribution in [-0.2, 0) is 14.6 Å². The van der Waals surface area contributed by atoms with Crippen molar-refractivity contribution in [3.05, 3.63) is 0 Å². The Hall–Kier alpha value is -0.820. The molecule has 144 valence electrons. The van der Waals surface area contributed by atoms with Crippen molar-refractivity contribution in [1.82, 2.24) is 10.6 Å². The van der Waals surface area contributed by atoms with Gasteiger partial charge in [0.15, 0.2) is 15.8 Å². The van der Waals surface area contributed by atoms with Crippen LogP contribution in [0.1, 0.15) is 51.9 Å². The Balaban J connectivity index is 1.56. The lowest BCUT2D eigenvalue weighted by molar-refractivity contribution is 0.0283. The quantitative estimate of drug-likeness (QED) is 0.568. The molecule has 1 aliphatic carbocycles. The van der Waals surface area contributed by atoms with Crippen molar-refractivity contribution >= 4 is 15.8 Å². The fourth-order valence-electron chi connectivity index (χ4n) is 3.98. The molecule has 3 fully saturated rings. The van der Waals surface area contributed by atoms with Gasteiger partial charge < -0.3 is 15.4 Å². The Kier molecular flexibility index (Phi) is 6.25. The van der Waals surface area contributed by atoms with Gasteiger partial charge >= 0.3 is 0 Å². The minimum atomic E-state index is -2.82. The molecule has 0 aromatic rings. The summed E-state index contributed by atoms with van der Waals surface area (Å²) < 4.78 is 28.8. The molecular formula is C18H33N3O3S. The van der Waals surface area contributed by atoms with Crippen LogP contribution in [0.15, 0.2) is 4.99 Å². The van der Waals surface area contributed by atoms with Crippen molar-refractivity contribution in [1.29, 1.82) is 0 Å². The summed E-state index contributed by atoms with van der Waals surface area (Å²) in [6.07, 6.45) is 7.82. The largest absolute Gasteiger partial charge is 0.381 e. The van der Waals surface area contributed by atoms with Gasteiger partial charge in [-0.1, -0.05) is 19.8 Å². The molecule has 1 unspecified atom stereocenters. The SMILES string of the molecule is CC1(CN=C(NCC2CCS(=O)(=O)C2)NC2CCCC2)CCOCC1. The summed E-state index contributed by atoms with van der Waals surface area (Å²) in [7, 11) is -2.82. The Bertz CT molecular complexity index is 564. The van der Waals surface area contributed by atoms with Gasteiger partial charge in [0.2, 0.25) is 0 Å². The van der Waals surface area contributed by atoms with E-state index in [2.05, 4.69) is 17.6 Å². The summed E-state index contributed by atoms with van der Waals surface area (Å²) in [4.78, 5) is 4.87. The predicted molar refractivity (Wildman–Crippen MR) is 101 cm³/mol. The first kappa shape index (κ1) is 19.0. The van der Waals surface area contributed by atoms with Gasteiger partial charge in [0, 0.05) is 32.3 Å². The van der Waals surface area contributed by atoms with Crippen LogP contribution in [0.25, 0.3) is 0 Å². The van der Waals surface area contributed by atoms with Gasteiger partial charge in [-0.05, 0) is 43.4 Å². The first-order valence-electron chi connectivity index (χ1n) is 9.77. The number of ether oxygens (including phenoxy) is 1. The zero-order chi connectivity index (χ0) is 17.8. The molecule has 2 heterocycles. The maximum Gasteiger partial charge on any atom is 0.191 e. The minimum Gasteiger partial charge on any atom is -0.381 e. The number of aliphatic imine (C=N–C) groups is 1. The number of guanidine groups is 1. The molecule has 1 atom stereocenters. The van der Waals surface area contributed by atoms with Crippen molar-refractivity contribution in [3.63, 3.8) is 0 Å². The smallest absolute Gasteiger partial charge is 0.191 e. The molecule has 2 saturated heterocycles. The van der Waals surface area contributed by atoms with E-state index in [1.165, 1.54) is 25.7 Å². The first-order valence-corrected chi connectivity index (χ1v) is 11.6. The Morgan fingerprint density at radius 1 is 1.20 bits per heavy atom. The standard InChI is InChI=1S/C18H33N3O3S/c1-18(7-9-24-10-8-18)14-20-17(21-16-4-2-3-5-16)19-12-15-6-11-25(22,23)13-15/h15-16H,2-14H2,1H3,(H2,19,20,21). The number of hydrogen-bond acceptors (Lipinski definition) is 4. The van der Waals surface area contributed by atoms with Gasteiger partial charge in [0.05, 0.1) is 11.5 Å². The number of hydrogen-bond donors (Lipinski definition) is 2. The molecule has 3 aliphatic rings. The molecule has 0 aromatic heterocycles. The molecule has 6 nitrogen and oxygen atoms in total. The van der Waals surface area contributed by atoms with Crippen molar-refractivity contribution in [2.75, 3.05) is 37.8 Å². The second-order valence-electron chi connectivity index (χ2n) is 8.36. The number of nitrogens with zero attached hydrogens (tertiary/aromatic N) is 1. The molecule has 1 saturated carbocycles. The van der Waals surface area contributed by atoms with E-state index < -0.39 is 9.84 Å². The van der Waals surface area contributed by atoms with E-state index in [4.69, 9.17) is 9.73 Å². The molecule has 0 bridgehead atoms. The van der Waals surface area contributed by atoms with E-state index in [0.717, 1.165) is 45.0 Å². The summed E-state index contributed by atoms with van der Waals surface area (Å²) in [6, 6.07) is 0.501. The molecule has 2 N–H and O–H groups in total. The number of sulfone groups is 1. The van der Waals surface area contributed by atoms with E-state index in [9.17, 15) is 8.42 Å². The minimum absolute atomic E-state index is 0.208. The van der Waals surface area contributed by atoms with Crippen LogP contribution < -0.4 is 10.6 Å². The summed E-state index contributed by atoms with van der Waals surface area (Å²) in [5, 5.41) is 7.00. The van der Waals surface area contributed by atoms with Gasteiger partial charge in [-0.2, -0.15) is 0 Å². The lowest BCUT2D eigenvalue weighted by Gasteiger charge is -2.32. The fourth-order valence-corrected chi connectivity index (χ4v) is 5.84. The van der Waals surface area contributed by atoms with Crippen LogP contribution in [0, 0.1) is 11.3 Å². The van der Waals surface area contributed by atoms with Crippen LogP contribution >= 0.6 is 0 Å². The average molecular weight is 372 g/mol. The maximum absolute atomic E-state index is 11.7. The van der Waals surface area contributed by atoms with Crippen LogP contribution in [0.4, 0.5) is 0 Å². The van der Waals surface area contributed by atoms with E-state index in [0.29, 0.717) is 24.1 Å². The molecule has 25 heavy (non-hydrogen) atoms. The van der Waals surface area contributed by atoms with E-state index >= 15 is 0 Å². The zero-order valence-corrected chi connectivity index (χ0v) is 16.2. The third-order valence-electron chi connectivity index (χ3n) is 5.90. The van der Waals surface area contributed by atoms with Crippen molar-refractivity contribution in [2.45, 2.75) is 57.9 Å². The first-order chi connectivity index (χ1) is 11.9. The van der Waals surface area contributed by atoms with Crippen LogP contribution in [0.2, 0.25) is 0 Å². The van der Waals surface area contributed by atoms with Crippen molar-refractivity contribution in [3.8, 4) is 0 Å². The Morgan fingerprint density at radius 2 is 1.92 bits per heavy atom. The molecule has 0 spiro atoms. The van der Waals surface area contributed by atoms with Crippen LogP contribution in [0.3, 0.4) is 0 Å². The van der Waals surface area contributed by atoms with E-state index in [1.54, 1.807) is 0 Å². The van der Waals surface area contributed by atoms with Crippen molar-refractivity contribution < 1.29 is 13.2 Å². The Morgan fingerprint density at radius 3 is 2.56 bits per heavy atom. The molecule has 3 rings (SSSR count). The monoisotopic (exact) mass is 371 g/mol. The van der Waals surface area contributed by atoms with Gasteiger partial charge in [0.25, 0.3) is 0 Å².